The number of aryl methyl sites for hydroxylation is 2. The van der Waals surface area contributed by atoms with E-state index in [1.807, 2.05) is 6.07 Å². The number of aromatic amines is 1. The summed E-state index contributed by atoms with van der Waals surface area (Å²) in [5.41, 5.74) is 0.456. The third kappa shape index (κ3) is 1.90. The van der Waals surface area contributed by atoms with E-state index in [9.17, 15) is 9.59 Å². The molecule has 2 aromatic heterocycles. The van der Waals surface area contributed by atoms with Gasteiger partial charge in [-0.3, -0.25) is 14.3 Å². The molecule has 0 radical (unpaired) electrons. The van der Waals surface area contributed by atoms with Crippen LogP contribution in [0.5, 0.6) is 0 Å². The van der Waals surface area contributed by atoms with Gasteiger partial charge in [-0.05, 0) is 31.2 Å². The predicted molar refractivity (Wildman–Crippen MR) is 73.6 cm³/mol. The third-order valence-corrected chi connectivity index (χ3v) is 4.75. The molecule has 0 unspecified atom stereocenters. The molecule has 0 fully saturated rings. The molecule has 0 saturated heterocycles. The Morgan fingerprint density at radius 1 is 1.32 bits per heavy atom. The number of nitriles is 1. The van der Waals surface area contributed by atoms with Crippen molar-refractivity contribution in [3.05, 3.63) is 31.3 Å². The van der Waals surface area contributed by atoms with Gasteiger partial charge in [-0.25, -0.2) is 4.79 Å². The molecule has 3 rings (SSSR count). The lowest BCUT2D eigenvalue weighted by Crippen LogP contribution is -2.35. The molecule has 0 bridgehead atoms. The Hall–Kier alpha value is -1.87. The van der Waals surface area contributed by atoms with Crippen LogP contribution in [0, 0.1) is 11.3 Å². The van der Waals surface area contributed by atoms with Crippen molar-refractivity contribution < 1.29 is 0 Å². The van der Waals surface area contributed by atoms with Crippen LogP contribution in [0.1, 0.15) is 29.7 Å². The highest BCUT2D eigenvalue weighted by atomic mass is 32.1. The molecule has 1 aliphatic rings. The van der Waals surface area contributed by atoms with Gasteiger partial charge in [0.15, 0.2) is 0 Å². The molecule has 0 aliphatic heterocycles. The highest BCUT2D eigenvalue weighted by Gasteiger charge is 2.20. The number of thiophene rings is 1. The summed E-state index contributed by atoms with van der Waals surface area (Å²) in [5.74, 6) is 0. The molecule has 19 heavy (non-hydrogen) atoms. The number of rotatable bonds is 2. The van der Waals surface area contributed by atoms with E-state index in [4.69, 9.17) is 5.26 Å². The summed E-state index contributed by atoms with van der Waals surface area (Å²) in [5, 5.41) is 9.26. The number of aromatic nitrogens is 2. The van der Waals surface area contributed by atoms with E-state index in [1.54, 1.807) is 0 Å². The van der Waals surface area contributed by atoms with Crippen molar-refractivity contribution in [1.82, 2.24) is 9.55 Å². The van der Waals surface area contributed by atoms with Crippen LogP contribution in [0.4, 0.5) is 0 Å². The van der Waals surface area contributed by atoms with Gasteiger partial charge in [0.05, 0.1) is 17.9 Å². The molecule has 0 saturated carbocycles. The van der Waals surface area contributed by atoms with Gasteiger partial charge < -0.3 is 0 Å². The SMILES string of the molecule is N#CCCn1c(=O)[nH]c2sc3c(c2c1=O)CCCC3. The quantitative estimate of drug-likeness (QED) is 0.903. The van der Waals surface area contributed by atoms with E-state index in [0.717, 1.165) is 35.8 Å². The van der Waals surface area contributed by atoms with Crippen LogP contribution in [-0.2, 0) is 19.4 Å². The molecule has 0 amide bonds. The molecule has 5 nitrogen and oxygen atoms in total. The average Bonchev–Trinajstić information content (AvgIpc) is 2.76. The smallest absolute Gasteiger partial charge is 0.298 e. The maximum Gasteiger partial charge on any atom is 0.329 e. The molecular weight excluding hydrogens is 262 g/mol. The highest BCUT2D eigenvalue weighted by Crippen LogP contribution is 2.32. The highest BCUT2D eigenvalue weighted by molar-refractivity contribution is 7.18. The van der Waals surface area contributed by atoms with Crippen LogP contribution in [0.2, 0.25) is 0 Å². The molecule has 98 valence electrons. The fourth-order valence-corrected chi connectivity index (χ4v) is 3.91. The van der Waals surface area contributed by atoms with Gasteiger partial charge in [0.1, 0.15) is 4.83 Å². The summed E-state index contributed by atoms with van der Waals surface area (Å²) in [6.07, 6.45) is 4.31. The topological polar surface area (TPSA) is 78.7 Å². The number of hydrogen-bond acceptors (Lipinski definition) is 4. The van der Waals surface area contributed by atoms with E-state index in [-0.39, 0.29) is 18.5 Å². The Morgan fingerprint density at radius 3 is 2.89 bits per heavy atom. The average molecular weight is 275 g/mol. The molecule has 0 atom stereocenters. The number of nitrogens with zero attached hydrogens (tertiary/aromatic N) is 2. The second-order valence-corrected chi connectivity index (χ2v) is 5.82. The number of H-pyrrole nitrogens is 1. The molecule has 1 aliphatic carbocycles. The number of fused-ring (bicyclic) bond motifs is 3. The Bertz CT molecular complexity index is 791. The van der Waals surface area contributed by atoms with Crippen molar-refractivity contribution in [2.45, 2.75) is 38.6 Å². The minimum absolute atomic E-state index is 0.158. The molecule has 0 spiro atoms. The lowest BCUT2D eigenvalue weighted by Gasteiger charge is -2.10. The zero-order valence-electron chi connectivity index (χ0n) is 10.4. The van der Waals surface area contributed by atoms with Crippen LogP contribution in [0.3, 0.4) is 0 Å². The van der Waals surface area contributed by atoms with Crippen molar-refractivity contribution >= 4 is 21.6 Å². The molecular formula is C13H13N3O2S. The van der Waals surface area contributed by atoms with Crippen molar-refractivity contribution in [2.24, 2.45) is 0 Å². The first kappa shape index (κ1) is 12.2. The van der Waals surface area contributed by atoms with Crippen LogP contribution in [0.15, 0.2) is 9.59 Å². The van der Waals surface area contributed by atoms with Crippen molar-refractivity contribution in [1.29, 1.82) is 5.26 Å². The van der Waals surface area contributed by atoms with Gasteiger partial charge in [0.25, 0.3) is 5.56 Å². The predicted octanol–water partition coefficient (Wildman–Crippen LogP) is 1.54. The minimum Gasteiger partial charge on any atom is -0.298 e. The summed E-state index contributed by atoms with van der Waals surface area (Å²) < 4.78 is 1.15. The van der Waals surface area contributed by atoms with Gasteiger partial charge >= 0.3 is 5.69 Å². The van der Waals surface area contributed by atoms with Crippen LogP contribution < -0.4 is 11.2 Å². The van der Waals surface area contributed by atoms with E-state index < -0.39 is 5.69 Å². The number of nitrogens with one attached hydrogen (secondary N) is 1. The van der Waals surface area contributed by atoms with Crippen LogP contribution in [-0.4, -0.2) is 9.55 Å². The second-order valence-electron chi connectivity index (χ2n) is 4.71. The van der Waals surface area contributed by atoms with E-state index >= 15 is 0 Å². The first-order chi connectivity index (χ1) is 9.22. The van der Waals surface area contributed by atoms with Gasteiger partial charge in [-0.15, -0.1) is 11.3 Å². The fraction of sp³-hybridized carbons (Fsp3) is 0.462. The molecule has 0 aromatic carbocycles. The van der Waals surface area contributed by atoms with Gasteiger partial charge in [-0.2, -0.15) is 5.26 Å². The molecule has 2 aromatic rings. The van der Waals surface area contributed by atoms with Crippen LogP contribution >= 0.6 is 11.3 Å². The van der Waals surface area contributed by atoms with Gasteiger partial charge in [-0.1, -0.05) is 0 Å². The number of hydrogen-bond donors (Lipinski definition) is 1. The van der Waals surface area contributed by atoms with E-state index in [0.29, 0.717) is 10.2 Å². The first-order valence-electron chi connectivity index (χ1n) is 6.36. The maximum atomic E-state index is 12.4. The molecule has 6 heteroatoms. The fourth-order valence-electron chi connectivity index (χ4n) is 2.64. The molecule has 2 heterocycles. The van der Waals surface area contributed by atoms with Crippen molar-refractivity contribution in [3.8, 4) is 6.07 Å². The maximum absolute atomic E-state index is 12.4. The largest absolute Gasteiger partial charge is 0.329 e. The Morgan fingerprint density at radius 2 is 2.11 bits per heavy atom. The third-order valence-electron chi connectivity index (χ3n) is 3.54. The van der Waals surface area contributed by atoms with Crippen molar-refractivity contribution in [2.75, 3.05) is 0 Å². The summed E-state index contributed by atoms with van der Waals surface area (Å²) >= 11 is 1.53. The lowest BCUT2D eigenvalue weighted by atomic mass is 9.97. The summed E-state index contributed by atoms with van der Waals surface area (Å²) in [4.78, 5) is 29.0. The Labute approximate surface area is 113 Å². The summed E-state index contributed by atoms with van der Waals surface area (Å²) in [6.45, 7) is 0.158. The Balaban J connectivity index is 2.28. The standard InChI is InChI=1S/C13H13N3O2S/c14-6-3-7-16-12(17)10-8-4-1-2-5-9(8)19-11(10)15-13(16)18/h1-5,7H2,(H,15,18). The van der Waals surface area contributed by atoms with Crippen molar-refractivity contribution in [3.63, 3.8) is 0 Å². The first-order valence-corrected chi connectivity index (χ1v) is 7.18. The summed E-state index contributed by atoms with van der Waals surface area (Å²) in [6, 6.07) is 1.96. The van der Waals surface area contributed by atoms with E-state index in [1.165, 1.54) is 16.2 Å². The van der Waals surface area contributed by atoms with Crippen LogP contribution in [0.25, 0.3) is 10.2 Å². The zero-order valence-corrected chi connectivity index (χ0v) is 11.2. The Kier molecular flexibility index (Phi) is 2.99. The zero-order chi connectivity index (χ0) is 13.4. The lowest BCUT2D eigenvalue weighted by molar-refractivity contribution is 0.648. The van der Waals surface area contributed by atoms with E-state index in [2.05, 4.69) is 4.98 Å². The van der Waals surface area contributed by atoms with Gasteiger partial charge in [0, 0.05) is 11.4 Å². The second kappa shape index (κ2) is 4.67. The summed E-state index contributed by atoms with van der Waals surface area (Å²) in [7, 11) is 0. The monoisotopic (exact) mass is 275 g/mol. The van der Waals surface area contributed by atoms with Gasteiger partial charge in [0.2, 0.25) is 0 Å². The minimum atomic E-state index is -0.411. The normalized spacial score (nSPS) is 14.3. The molecule has 1 N–H and O–H groups in total.